The molecule has 8 nitrogen and oxygen atoms in total. The number of likely N-dealkylation sites (tertiary alicyclic amines) is 1. The maximum Gasteiger partial charge on any atom is 0.251 e. The summed E-state index contributed by atoms with van der Waals surface area (Å²) in [6.45, 7) is 2.45. The van der Waals surface area contributed by atoms with E-state index in [1.165, 1.54) is 6.33 Å². The lowest BCUT2D eigenvalue weighted by Crippen LogP contribution is -2.46. The van der Waals surface area contributed by atoms with Crippen LogP contribution in [0.15, 0.2) is 36.9 Å². The molecule has 2 aromatic rings. The third kappa shape index (κ3) is 4.87. The van der Waals surface area contributed by atoms with Gasteiger partial charge in [0.2, 0.25) is 5.91 Å². The maximum atomic E-state index is 12.4. The molecule has 1 fully saturated rings. The van der Waals surface area contributed by atoms with Gasteiger partial charge in [0, 0.05) is 24.7 Å². The second-order valence-electron chi connectivity index (χ2n) is 6.28. The Morgan fingerprint density at radius 2 is 1.92 bits per heavy atom. The van der Waals surface area contributed by atoms with E-state index in [4.69, 9.17) is 5.73 Å². The lowest BCUT2D eigenvalue weighted by molar-refractivity contribution is -0.119. The summed E-state index contributed by atoms with van der Waals surface area (Å²) < 4.78 is 1.73. The molecule has 0 atom stereocenters. The van der Waals surface area contributed by atoms with Crippen LogP contribution in [0.2, 0.25) is 0 Å². The van der Waals surface area contributed by atoms with E-state index in [2.05, 4.69) is 15.4 Å². The molecular weight excluding hydrogens is 320 g/mol. The van der Waals surface area contributed by atoms with E-state index in [0.29, 0.717) is 12.1 Å². The number of rotatable bonds is 6. The fraction of sp³-hybridized carbons (Fsp3) is 0.412. The molecule has 25 heavy (non-hydrogen) atoms. The first-order valence-electron chi connectivity index (χ1n) is 8.33. The third-order valence-electron chi connectivity index (χ3n) is 4.33. The van der Waals surface area contributed by atoms with Crippen molar-refractivity contribution < 1.29 is 9.59 Å². The molecule has 1 aromatic heterocycles. The molecule has 1 aromatic carbocycles. The molecule has 0 saturated carbocycles. The molecule has 1 aliphatic heterocycles. The molecule has 3 rings (SSSR count). The highest BCUT2D eigenvalue weighted by molar-refractivity contribution is 5.94. The van der Waals surface area contributed by atoms with Crippen molar-refractivity contribution >= 4 is 11.8 Å². The third-order valence-corrected chi connectivity index (χ3v) is 4.33. The predicted octanol–water partition coefficient (Wildman–Crippen LogP) is 0.00590. The SMILES string of the molecule is NC(=O)CN1CCC(NC(=O)c2ccc(Cn3cncn3)cc2)CC1. The topological polar surface area (TPSA) is 106 Å². The summed E-state index contributed by atoms with van der Waals surface area (Å²) in [5, 5.41) is 7.13. The van der Waals surface area contributed by atoms with E-state index in [1.54, 1.807) is 11.0 Å². The van der Waals surface area contributed by atoms with Crippen LogP contribution in [0.4, 0.5) is 0 Å². The summed E-state index contributed by atoms with van der Waals surface area (Å²) in [6, 6.07) is 7.62. The van der Waals surface area contributed by atoms with E-state index < -0.39 is 0 Å². The average Bonchev–Trinajstić information content (AvgIpc) is 3.10. The van der Waals surface area contributed by atoms with Crippen LogP contribution in [0, 0.1) is 0 Å². The Morgan fingerprint density at radius 1 is 1.20 bits per heavy atom. The van der Waals surface area contributed by atoms with Gasteiger partial charge in [-0.3, -0.25) is 14.5 Å². The molecule has 0 unspecified atom stereocenters. The number of piperidine rings is 1. The Bertz CT molecular complexity index is 705. The molecule has 2 heterocycles. The molecule has 0 spiro atoms. The van der Waals surface area contributed by atoms with Gasteiger partial charge in [0.15, 0.2) is 0 Å². The highest BCUT2D eigenvalue weighted by Crippen LogP contribution is 2.12. The summed E-state index contributed by atoms with van der Waals surface area (Å²) in [7, 11) is 0. The summed E-state index contributed by atoms with van der Waals surface area (Å²) in [5.41, 5.74) is 6.91. The molecule has 3 N–H and O–H groups in total. The van der Waals surface area contributed by atoms with Gasteiger partial charge in [-0.25, -0.2) is 9.67 Å². The van der Waals surface area contributed by atoms with Gasteiger partial charge in [0.05, 0.1) is 13.1 Å². The van der Waals surface area contributed by atoms with Crippen LogP contribution < -0.4 is 11.1 Å². The normalized spacial score (nSPS) is 15.8. The van der Waals surface area contributed by atoms with Crippen LogP contribution in [0.3, 0.4) is 0 Å². The van der Waals surface area contributed by atoms with Crippen molar-refractivity contribution in [3.8, 4) is 0 Å². The number of carbonyl (C=O) groups is 2. The number of nitrogens with one attached hydrogen (secondary N) is 1. The molecule has 132 valence electrons. The first kappa shape index (κ1) is 17.1. The Kier molecular flexibility index (Phi) is 5.39. The predicted molar refractivity (Wildman–Crippen MR) is 91.7 cm³/mol. The van der Waals surface area contributed by atoms with Crippen LogP contribution in [0.1, 0.15) is 28.8 Å². The lowest BCUT2D eigenvalue weighted by Gasteiger charge is -2.31. The summed E-state index contributed by atoms with van der Waals surface area (Å²) >= 11 is 0. The smallest absolute Gasteiger partial charge is 0.251 e. The van der Waals surface area contributed by atoms with Crippen LogP contribution in [0.5, 0.6) is 0 Å². The number of nitrogens with two attached hydrogens (primary N) is 1. The second-order valence-corrected chi connectivity index (χ2v) is 6.28. The van der Waals surface area contributed by atoms with Gasteiger partial charge >= 0.3 is 0 Å². The molecular formula is C17H22N6O2. The van der Waals surface area contributed by atoms with Gasteiger partial charge in [-0.05, 0) is 30.5 Å². The van der Waals surface area contributed by atoms with Crippen LogP contribution in [-0.2, 0) is 11.3 Å². The number of hydrogen-bond donors (Lipinski definition) is 2. The molecule has 0 aliphatic carbocycles. The van der Waals surface area contributed by atoms with Gasteiger partial charge < -0.3 is 11.1 Å². The first-order chi connectivity index (χ1) is 12.1. The lowest BCUT2D eigenvalue weighted by atomic mass is 10.0. The zero-order valence-corrected chi connectivity index (χ0v) is 14.0. The number of benzene rings is 1. The molecule has 2 amide bonds. The number of amides is 2. The van der Waals surface area contributed by atoms with Crippen molar-refractivity contribution in [2.75, 3.05) is 19.6 Å². The van der Waals surface area contributed by atoms with Crippen molar-refractivity contribution in [3.05, 3.63) is 48.0 Å². The summed E-state index contributed by atoms with van der Waals surface area (Å²) in [5.74, 6) is -0.380. The van der Waals surface area contributed by atoms with E-state index in [0.717, 1.165) is 31.5 Å². The minimum atomic E-state index is -0.312. The van der Waals surface area contributed by atoms with Gasteiger partial charge in [0.1, 0.15) is 12.7 Å². The Hall–Kier alpha value is -2.74. The second kappa shape index (κ2) is 7.89. The highest BCUT2D eigenvalue weighted by Gasteiger charge is 2.21. The maximum absolute atomic E-state index is 12.4. The number of primary amides is 1. The van der Waals surface area contributed by atoms with E-state index in [1.807, 2.05) is 29.2 Å². The van der Waals surface area contributed by atoms with Crippen LogP contribution in [-0.4, -0.2) is 57.2 Å². The zero-order valence-electron chi connectivity index (χ0n) is 14.0. The monoisotopic (exact) mass is 342 g/mol. The number of aromatic nitrogens is 3. The molecule has 0 bridgehead atoms. The number of carbonyl (C=O) groups excluding carboxylic acids is 2. The first-order valence-corrected chi connectivity index (χ1v) is 8.33. The van der Waals surface area contributed by atoms with Gasteiger partial charge in [-0.2, -0.15) is 5.10 Å². The van der Waals surface area contributed by atoms with Gasteiger partial charge in [-0.1, -0.05) is 12.1 Å². The van der Waals surface area contributed by atoms with Crippen LogP contribution in [0.25, 0.3) is 0 Å². The van der Waals surface area contributed by atoms with E-state index in [-0.39, 0.29) is 24.4 Å². The standard InChI is InChI=1S/C17H22N6O2/c18-16(24)10-22-7-5-15(6-8-22)21-17(25)14-3-1-13(2-4-14)9-23-12-19-11-20-23/h1-4,11-12,15H,5-10H2,(H2,18,24)(H,21,25). The Balaban J connectivity index is 1.49. The van der Waals surface area contributed by atoms with E-state index in [9.17, 15) is 9.59 Å². The van der Waals surface area contributed by atoms with E-state index >= 15 is 0 Å². The highest BCUT2D eigenvalue weighted by atomic mass is 16.2. The quantitative estimate of drug-likeness (QED) is 0.769. The fourth-order valence-corrected chi connectivity index (χ4v) is 2.99. The van der Waals surface area contributed by atoms with Gasteiger partial charge in [0.25, 0.3) is 5.91 Å². The fourth-order valence-electron chi connectivity index (χ4n) is 2.99. The molecule has 0 radical (unpaired) electrons. The zero-order chi connectivity index (χ0) is 17.6. The minimum Gasteiger partial charge on any atom is -0.369 e. The summed E-state index contributed by atoms with van der Waals surface area (Å²) in [4.78, 5) is 29.2. The molecule has 1 aliphatic rings. The number of nitrogens with zero attached hydrogens (tertiary/aromatic N) is 4. The van der Waals surface area contributed by atoms with Crippen molar-refractivity contribution in [1.29, 1.82) is 0 Å². The van der Waals surface area contributed by atoms with Gasteiger partial charge in [-0.15, -0.1) is 0 Å². The van der Waals surface area contributed by atoms with Crippen LogP contribution >= 0.6 is 0 Å². The number of hydrogen-bond acceptors (Lipinski definition) is 5. The Labute approximate surface area is 146 Å². The van der Waals surface area contributed by atoms with Crippen molar-refractivity contribution in [1.82, 2.24) is 25.0 Å². The average molecular weight is 342 g/mol. The van der Waals surface area contributed by atoms with Crippen molar-refractivity contribution in [2.45, 2.75) is 25.4 Å². The summed E-state index contributed by atoms with van der Waals surface area (Å²) in [6.07, 6.45) is 4.80. The minimum absolute atomic E-state index is 0.0688. The Morgan fingerprint density at radius 3 is 2.52 bits per heavy atom. The molecule has 8 heteroatoms. The van der Waals surface area contributed by atoms with Crippen molar-refractivity contribution in [3.63, 3.8) is 0 Å². The molecule has 1 saturated heterocycles. The largest absolute Gasteiger partial charge is 0.369 e. The van der Waals surface area contributed by atoms with Crippen molar-refractivity contribution in [2.24, 2.45) is 5.73 Å².